The fraction of sp³-hybridized carbons (Fsp3) is 0.533. The molecular formula is C15H28INO2. The van der Waals surface area contributed by atoms with Gasteiger partial charge in [0.15, 0.2) is 0 Å². The van der Waals surface area contributed by atoms with Gasteiger partial charge in [-0.1, -0.05) is 67.1 Å². The van der Waals surface area contributed by atoms with Gasteiger partial charge in [-0.05, 0) is 30.4 Å². The Labute approximate surface area is 132 Å². The highest BCUT2D eigenvalue weighted by Crippen LogP contribution is 2.12. The summed E-state index contributed by atoms with van der Waals surface area (Å²) in [6.07, 6.45) is 3.61. The number of halogens is 1. The number of amides is 1. The first kappa shape index (κ1) is 18.2. The molecule has 1 aromatic rings. The molecule has 2 N–H and O–H groups in total. The molecule has 1 amide bonds. The number of rotatable bonds is 6. The molecule has 0 bridgehead atoms. The Bertz CT molecular complexity index is 340. The molecule has 0 aliphatic rings. The zero-order valence-electron chi connectivity index (χ0n) is 11.8. The van der Waals surface area contributed by atoms with Crippen molar-refractivity contribution < 1.29 is 12.8 Å². The van der Waals surface area contributed by atoms with Crippen LogP contribution < -0.4 is 5.32 Å². The SMILES string of the molecule is CCCNC(=O)O.CCCc1ccccc1CCI.[HH].[HH]. The van der Waals surface area contributed by atoms with Crippen LogP contribution in [0.1, 0.15) is 40.7 Å². The van der Waals surface area contributed by atoms with Gasteiger partial charge in [0.2, 0.25) is 0 Å². The van der Waals surface area contributed by atoms with Crippen LogP contribution in [0.15, 0.2) is 24.3 Å². The quantitative estimate of drug-likeness (QED) is 0.551. The van der Waals surface area contributed by atoms with Crippen LogP contribution in [0.4, 0.5) is 4.79 Å². The average Bonchev–Trinajstić information content (AvgIpc) is 2.40. The zero-order chi connectivity index (χ0) is 14.5. The third kappa shape index (κ3) is 9.76. The van der Waals surface area contributed by atoms with E-state index in [4.69, 9.17) is 5.11 Å². The Morgan fingerprint density at radius 2 is 1.79 bits per heavy atom. The van der Waals surface area contributed by atoms with Crippen LogP contribution >= 0.6 is 22.6 Å². The van der Waals surface area contributed by atoms with E-state index in [1.54, 1.807) is 0 Å². The molecule has 0 saturated heterocycles. The summed E-state index contributed by atoms with van der Waals surface area (Å²) in [6, 6.07) is 8.79. The summed E-state index contributed by atoms with van der Waals surface area (Å²) >= 11 is 2.44. The maximum absolute atomic E-state index is 9.65. The van der Waals surface area contributed by atoms with E-state index in [0.29, 0.717) is 6.54 Å². The lowest BCUT2D eigenvalue weighted by atomic mass is 10.0. The van der Waals surface area contributed by atoms with Crippen molar-refractivity contribution in [2.75, 3.05) is 11.0 Å². The first-order valence-electron chi connectivity index (χ1n) is 6.75. The van der Waals surface area contributed by atoms with E-state index in [2.05, 4.69) is 59.1 Å². The molecule has 0 unspecified atom stereocenters. The lowest BCUT2D eigenvalue weighted by Gasteiger charge is -2.05. The van der Waals surface area contributed by atoms with Crippen LogP contribution in [-0.2, 0) is 12.8 Å². The van der Waals surface area contributed by atoms with Crippen molar-refractivity contribution in [3.05, 3.63) is 35.4 Å². The van der Waals surface area contributed by atoms with Gasteiger partial charge < -0.3 is 10.4 Å². The molecule has 1 aromatic carbocycles. The van der Waals surface area contributed by atoms with Crippen molar-refractivity contribution in [3.8, 4) is 0 Å². The minimum Gasteiger partial charge on any atom is -0.465 e. The lowest BCUT2D eigenvalue weighted by molar-refractivity contribution is 0.194. The molecule has 4 heteroatoms. The molecule has 0 fully saturated rings. The van der Waals surface area contributed by atoms with Gasteiger partial charge in [0, 0.05) is 13.8 Å². The minimum atomic E-state index is -0.943. The van der Waals surface area contributed by atoms with E-state index in [9.17, 15) is 4.79 Å². The summed E-state index contributed by atoms with van der Waals surface area (Å²) < 4.78 is 1.22. The Balaban J connectivity index is -0.000000317. The Kier molecular flexibility index (Phi) is 11.8. The van der Waals surface area contributed by atoms with Crippen LogP contribution in [0.3, 0.4) is 0 Å². The van der Waals surface area contributed by atoms with Crippen LogP contribution in [0, 0.1) is 0 Å². The van der Waals surface area contributed by atoms with Gasteiger partial charge in [-0.25, -0.2) is 4.79 Å². The second kappa shape index (κ2) is 12.3. The molecule has 0 aliphatic carbocycles. The van der Waals surface area contributed by atoms with Gasteiger partial charge in [0.05, 0.1) is 0 Å². The van der Waals surface area contributed by atoms with Gasteiger partial charge in [0.25, 0.3) is 0 Å². The molecule has 19 heavy (non-hydrogen) atoms. The van der Waals surface area contributed by atoms with E-state index in [-0.39, 0.29) is 2.85 Å². The monoisotopic (exact) mass is 381 g/mol. The Hall–Kier alpha value is -0.780. The number of benzene rings is 1. The van der Waals surface area contributed by atoms with Crippen molar-refractivity contribution in [2.45, 2.75) is 39.5 Å². The normalized spacial score (nSPS) is 9.42. The zero-order valence-corrected chi connectivity index (χ0v) is 13.9. The van der Waals surface area contributed by atoms with Gasteiger partial charge >= 0.3 is 6.09 Å². The predicted octanol–water partition coefficient (Wildman–Crippen LogP) is 4.77. The molecule has 0 heterocycles. The Morgan fingerprint density at radius 1 is 1.21 bits per heavy atom. The number of nitrogens with one attached hydrogen (secondary N) is 1. The summed E-state index contributed by atoms with van der Waals surface area (Å²) in [5.41, 5.74) is 3.07. The van der Waals surface area contributed by atoms with E-state index in [1.165, 1.54) is 34.8 Å². The number of hydrogen-bond donors (Lipinski definition) is 2. The highest BCUT2D eigenvalue weighted by molar-refractivity contribution is 14.1. The van der Waals surface area contributed by atoms with E-state index in [1.807, 2.05) is 6.92 Å². The second-order valence-electron chi connectivity index (χ2n) is 4.19. The maximum Gasteiger partial charge on any atom is 0.404 e. The van der Waals surface area contributed by atoms with Gasteiger partial charge in [-0.15, -0.1) is 0 Å². The summed E-state index contributed by atoms with van der Waals surface area (Å²) in [7, 11) is 0. The molecule has 0 spiro atoms. The Morgan fingerprint density at radius 3 is 2.16 bits per heavy atom. The highest BCUT2D eigenvalue weighted by atomic mass is 127. The molecule has 0 saturated carbocycles. The van der Waals surface area contributed by atoms with Gasteiger partial charge in [-0.2, -0.15) is 0 Å². The standard InChI is InChI=1S/C11H15I.C4H9NO2.2H2/c1-2-5-10-6-3-4-7-11(10)8-9-12;1-2-3-5-4(6)7;;/h3-4,6-7H,2,5,8-9H2,1H3;5H,2-3H2,1H3,(H,6,7);2*1H. The molecule has 0 aromatic heterocycles. The van der Waals surface area contributed by atoms with Crippen molar-refractivity contribution >= 4 is 28.7 Å². The van der Waals surface area contributed by atoms with Crippen LogP contribution in [-0.4, -0.2) is 22.2 Å². The maximum atomic E-state index is 9.65. The fourth-order valence-corrected chi connectivity index (χ4v) is 2.23. The lowest BCUT2D eigenvalue weighted by Crippen LogP contribution is -2.20. The molecule has 1 rings (SSSR count). The first-order chi connectivity index (χ1) is 9.15. The van der Waals surface area contributed by atoms with Crippen LogP contribution in [0.25, 0.3) is 0 Å². The van der Waals surface area contributed by atoms with Crippen LogP contribution in [0.5, 0.6) is 0 Å². The van der Waals surface area contributed by atoms with E-state index >= 15 is 0 Å². The largest absolute Gasteiger partial charge is 0.465 e. The number of alkyl halides is 1. The van der Waals surface area contributed by atoms with E-state index < -0.39 is 6.09 Å². The van der Waals surface area contributed by atoms with Crippen molar-refractivity contribution in [1.29, 1.82) is 0 Å². The second-order valence-corrected chi connectivity index (χ2v) is 5.27. The highest BCUT2D eigenvalue weighted by Gasteiger charge is 1.98. The molecule has 0 atom stereocenters. The number of carboxylic acid groups (broad SMARTS) is 1. The summed E-state index contributed by atoms with van der Waals surface area (Å²) in [6.45, 7) is 4.70. The third-order valence-electron chi connectivity index (χ3n) is 2.53. The predicted molar refractivity (Wildman–Crippen MR) is 93.6 cm³/mol. The molecule has 112 valence electrons. The molecule has 3 nitrogen and oxygen atoms in total. The first-order valence-corrected chi connectivity index (χ1v) is 8.27. The third-order valence-corrected chi connectivity index (χ3v) is 3.07. The number of aryl methyl sites for hydroxylation is 2. The molecule has 0 radical (unpaired) electrons. The average molecular weight is 381 g/mol. The smallest absolute Gasteiger partial charge is 0.404 e. The number of hydrogen-bond acceptors (Lipinski definition) is 1. The topological polar surface area (TPSA) is 49.3 Å². The van der Waals surface area contributed by atoms with Gasteiger partial charge in [-0.3, -0.25) is 0 Å². The molecule has 0 aliphatic heterocycles. The number of carbonyl (C=O) groups is 1. The minimum absolute atomic E-state index is 0. The fourth-order valence-electron chi connectivity index (χ4n) is 1.65. The van der Waals surface area contributed by atoms with Crippen molar-refractivity contribution in [1.82, 2.24) is 5.32 Å². The molecular weight excluding hydrogens is 353 g/mol. The summed E-state index contributed by atoms with van der Waals surface area (Å²) in [5, 5.41) is 10.1. The summed E-state index contributed by atoms with van der Waals surface area (Å²) in [5.74, 6) is 0. The van der Waals surface area contributed by atoms with E-state index in [0.717, 1.165) is 6.42 Å². The van der Waals surface area contributed by atoms with Crippen molar-refractivity contribution in [3.63, 3.8) is 0 Å². The van der Waals surface area contributed by atoms with Crippen LogP contribution in [0.2, 0.25) is 0 Å². The van der Waals surface area contributed by atoms with Gasteiger partial charge in [0.1, 0.15) is 0 Å². The van der Waals surface area contributed by atoms with Crippen molar-refractivity contribution in [2.24, 2.45) is 0 Å². The summed E-state index contributed by atoms with van der Waals surface area (Å²) in [4.78, 5) is 9.65.